The van der Waals surface area contributed by atoms with E-state index in [1.54, 1.807) is 11.9 Å². The number of carbonyl (C=O) groups is 1. The maximum Gasteiger partial charge on any atom is 0.433 e. The van der Waals surface area contributed by atoms with Gasteiger partial charge >= 0.3 is 6.18 Å². The van der Waals surface area contributed by atoms with Crippen LogP contribution < -0.4 is 0 Å². The molecule has 1 saturated carbocycles. The molecule has 1 amide bonds. The summed E-state index contributed by atoms with van der Waals surface area (Å²) in [5.74, 6) is 0.231. The van der Waals surface area contributed by atoms with Crippen molar-refractivity contribution >= 4 is 5.91 Å². The number of hydrogen-bond donors (Lipinski definition) is 0. The molecular weight excluding hydrogens is 269 g/mol. The second kappa shape index (κ2) is 5.07. The van der Waals surface area contributed by atoms with E-state index in [4.69, 9.17) is 0 Å². The van der Waals surface area contributed by atoms with E-state index in [-0.39, 0.29) is 23.2 Å². The fraction of sp³-hybridized carbons (Fsp3) is 0.571. The van der Waals surface area contributed by atoms with Crippen LogP contribution in [0, 0.1) is 12.8 Å². The molecule has 0 aliphatic heterocycles. The van der Waals surface area contributed by atoms with E-state index < -0.39 is 11.9 Å². The molecule has 1 aromatic rings. The molecule has 3 nitrogen and oxygen atoms in total. The highest BCUT2D eigenvalue weighted by molar-refractivity contribution is 5.95. The molecule has 20 heavy (non-hydrogen) atoms. The van der Waals surface area contributed by atoms with E-state index in [0.717, 1.165) is 18.9 Å². The molecule has 0 radical (unpaired) electrons. The van der Waals surface area contributed by atoms with Gasteiger partial charge in [-0.15, -0.1) is 0 Å². The number of pyridine rings is 1. The van der Waals surface area contributed by atoms with Crippen LogP contribution in [0.2, 0.25) is 0 Å². The zero-order valence-electron chi connectivity index (χ0n) is 11.7. The number of nitrogens with zero attached hydrogens (tertiary/aromatic N) is 2. The lowest BCUT2D eigenvalue weighted by Gasteiger charge is -2.25. The van der Waals surface area contributed by atoms with Crippen LogP contribution in [0.3, 0.4) is 0 Å². The van der Waals surface area contributed by atoms with Crippen molar-refractivity contribution in [3.63, 3.8) is 0 Å². The molecule has 0 spiro atoms. The Morgan fingerprint density at radius 3 is 2.45 bits per heavy atom. The zero-order chi connectivity index (χ0) is 15.1. The maximum absolute atomic E-state index is 12.5. The van der Waals surface area contributed by atoms with Gasteiger partial charge in [0.05, 0.1) is 11.3 Å². The Morgan fingerprint density at radius 2 is 2.00 bits per heavy atom. The first-order valence-electron chi connectivity index (χ1n) is 6.54. The van der Waals surface area contributed by atoms with Crippen LogP contribution in [0.4, 0.5) is 13.2 Å². The van der Waals surface area contributed by atoms with Gasteiger partial charge in [-0.2, -0.15) is 13.2 Å². The molecular formula is C14H17F3N2O. The summed E-state index contributed by atoms with van der Waals surface area (Å²) in [5.41, 5.74) is -0.628. The first-order valence-corrected chi connectivity index (χ1v) is 6.54. The Balaban J connectivity index is 2.22. The lowest BCUT2D eigenvalue weighted by Crippen LogP contribution is -2.37. The Morgan fingerprint density at radius 1 is 1.40 bits per heavy atom. The number of carbonyl (C=O) groups excluding carboxylic acids is 1. The average Bonchev–Trinajstić information content (AvgIpc) is 3.19. The standard InChI is InChI=1S/C14H17F3N2O/c1-8-11(6-7-12(18-8)14(15,16)17)13(20)19(3)9(2)10-4-5-10/h6-7,9-10H,4-5H2,1-3H3. The number of alkyl halides is 3. The summed E-state index contributed by atoms with van der Waals surface area (Å²) in [5, 5.41) is 0. The van der Waals surface area contributed by atoms with Gasteiger partial charge in [-0.25, -0.2) is 4.98 Å². The van der Waals surface area contributed by atoms with Crippen molar-refractivity contribution in [1.29, 1.82) is 0 Å². The van der Waals surface area contributed by atoms with Crippen LogP contribution in [-0.4, -0.2) is 28.9 Å². The van der Waals surface area contributed by atoms with Crippen molar-refractivity contribution in [2.75, 3.05) is 7.05 Å². The van der Waals surface area contributed by atoms with Crippen molar-refractivity contribution in [3.05, 3.63) is 29.1 Å². The SMILES string of the molecule is Cc1nc(C(F)(F)F)ccc1C(=O)N(C)C(C)C1CC1. The van der Waals surface area contributed by atoms with Gasteiger partial charge < -0.3 is 4.90 Å². The quantitative estimate of drug-likeness (QED) is 0.854. The van der Waals surface area contributed by atoms with E-state index in [9.17, 15) is 18.0 Å². The minimum atomic E-state index is -4.49. The Labute approximate surface area is 115 Å². The topological polar surface area (TPSA) is 33.2 Å². The summed E-state index contributed by atoms with van der Waals surface area (Å²) in [6, 6.07) is 2.17. The van der Waals surface area contributed by atoms with Gasteiger partial charge in [0.2, 0.25) is 0 Å². The van der Waals surface area contributed by atoms with Crippen LogP contribution in [0.15, 0.2) is 12.1 Å². The third kappa shape index (κ3) is 2.94. The summed E-state index contributed by atoms with van der Waals surface area (Å²) in [4.78, 5) is 17.4. The first kappa shape index (κ1) is 14.8. The molecule has 0 bridgehead atoms. The largest absolute Gasteiger partial charge is 0.433 e. The number of aromatic nitrogens is 1. The Kier molecular flexibility index (Phi) is 3.75. The summed E-state index contributed by atoms with van der Waals surface area (Å²) >= 11 is 0. The monoisotopic (exact) mass is 286 g/mol. The molecule has 0 aromatic carbocycles. The van der Waals surface area contributed by atoms with Crippen LogP contribution >= 0.6 is 0 Å². The molecule has 1 heterocycles. The van der Waals surface area contributed by atoms with Crippen molar-refractivity contribution in [1.82, 2.24) is 9.88 Å². The third-order valence-corrected chi connectivity index (χ3v) is 3.84. The van der Waals surface area contributed by atoms with Gasteiger partial charge in [0.25, 0.3) is 5.91 Å². The Hall–Kier alpha value is -1.59. The number of hydrogen-bond acceptors (Lipinski definition) is 2. The predicted octanol–water partition coefficient (Wildman–Crippen LogP) is 3.28. The maximum atomic E-state index is 12.5. The van der Waals surface area contributed by atoms with Crippen LogP contribution in [0.5, 0.6) is 0 Å². The summed E-state index contributed by atoms with van der Waals surface area (Å²) in [7, 11) is 1.68. The van der Waals surface area contributed by atoms with Gasteiger partial charge in [0, 0.05) is 13.1 Å². The molecule has 1 unspecified atom stereocenters. The fourth-order valence-electron chi connectivity index (χ4n) is 2.21. The van der Waals surface area contributed by atoms with E-state index in [2.05, 4.69) is 4.98 Å². The summed E-state index contributed by atoms with van der Waals surface area (Å²) < 4.78 is 37.6. The van der Waals surface area contributed by atoms with Gasteiger partial charge in [0.15, 0.2) is 0 Å². The highest BCUT2D eigenvalue weighted by Gasteiger charge is 2.35. The van der Waals surface area contributed by atoms with Gasteiger partial charge in [-0.05, 0) is 44.7 Å². The van der Waals surface area contributed by atoms with Gasteiger partial charge in [0.1, 0.15) is 5.69 Å². The highest BCUT2D eigenvalue weighted by Crippen LogP contribution is 2.35. The Bertz CT molecular complexity index is 524. The molecule has 0 saturated heterocycles. The fourth-order valence-corrected chi connectivity index (χ4v) is 2.21. The minimum Gasteiger partial charge on any atom is -0.339 e. The molecule has 110 valence electrons. The molecule has 1 aliphatic rings. The predicted molar refractivity (Wildman–Crippen MR) is 68.3 cm³/mol. The highest BCUT2D eigenvalue weighted by atomic mass is 19.4. The second-order valence-corrected chi connectivity index (χ2v) is 5.32. The number of aryl methyl sites for hydroxylation is 1. The van der Waals surface area contributed by atoms with Crippen molar-refractivity contribution in [3.8, 4) is 0 Å². The smallest absolute Gasteiger partial charge is 0.339 e. The van der Waals surface area contributed by atoms with Crippen molar-refractivity contribution in [2.24, 2.45) is 5.92 Å². The third-order valence-electron chi connectivity index (χ3n) is 3.84. The number of amides is 1. The van der Waals surface area contributed by atoms with E-state index in [1.165, 1.54) is 13.0 Å². The normalized spacial score (nSPS) is 16.9. The summed E-state index contributed by atoms with van der Waals surface area (Å²) in [6.45, 7) is 3.39. The zero-order valence-corrected chi connectivity index (χ0v) is 11.7. The van der Waals surface area contributed by atoms with Gasteiger partial charge in [-0.1, -0.05) is 0 Å². The van der Waals surface area contributed by atoms with E-state index in [1.807, 2.05) is 6.92 Å². The molecule has 1 aromatic heterocycles. The lowest BCUT2D eigenvalue weighted by molar-refractivity contribution is -0.141. The van der Waals surface area contributed by atoms with E-state index in [0.29, 0.717) is 5.92 Å². The molecule has 1 fully saturated rings. The average molecular weight is 286 g/mol. The molecule has 6 heteroatoms. The number of halogens is 3. The molecule has 2 rings (SSSR count). The van der Waals surface area contributed by atoms with Crippen LogP contribution in [0.1, 0.15) is 41.5 Å². The molecule has 1 atom stereocenters. The lowest BCUT2D eigenvalue weighted by atomic mass is 10.1. The van der Waals surface area contributed by atoms with Gasteiger partial charge in [-0.3, -0.25) is 4.79 Å². The summed E-state index contributed by atoms with van der Waals surface area (Å²) in [6.07, 6.45) is -2.29. The first-order chi connectivity index (χ1) is 9.21. The van der Waals surface area contributed by atoms with Crippen molar-refractivity contribution < 1.29 is 18.0 Å². The molecule has 1 aliphatic carbocycles. The molecule has 0 N–H and O–H groups in total. The van der Waals surface area contributed by atoms with E-state index >= 15 is 0 Å². The number of rotatable bonds is 3. The second-order valence-electron chi connectivity index (χ2n) is 5.32. The minimum absolute atomic E-state index is 0.101. The van der Waals surface area contributed by atoms with Crippen molar-refractivity contribution in [2.45, 2.75) is 38.9 Å². The van der Waals surface area contributed by atoms with Crippen LogP contribution in [0.25, 0.3) is 0 Å². The van der Waals surface area contributed by atoms with Crippen LogP contribution in [-0.2, 0) is 6.18 Å².